The van der Waals surface area contributed by atoms with E-state index < -0.39 is 5.82 Å². The second kappa shape index (κ2) is 4.57. The SMILES string of the molecule is NCC1CCN(C(=O)c2ccncc2F)C1. The van der Waals surface area contributed by atoms with Crippen LogP contribution >= 0.6 is 0 Å². The fourth-order valence-electron chi connectivity index (χ4n) is 1.93. The molecule has 1 aliphatic rings. The minimum atomic E-state index is -0.566. The fraction of sp³-hybridized carbons (Fsp3) is 0.455. The molecule has 2 heterocycles. The van der Waals surface area contributed by atoms with Gasteiger partial charge in [0, 0.05) is 19.3 Å². The third-order valence-electron chi connectivity index (χ3n) is 2.91. The van der Waals surface area contributed by atoms with Gasteiger partial charge in [-0.05, 0) is 24.9 Å². The van der Waals surface area contributed by atoms with Gasteiger partial charge < -0.3 is 10.6 Å². The number of halogens is 1. The minimum Gasteiger partial charge on any atom is -0.338 e. The van der Waals surface area contributed by atoms with E-state index in [1.165, 1.54) is 12.3 Å². The van der Waals surface area contributed by atoms with Crippen molar-refractivity contribution in [3.8, 4) is 0 Å². The van der Waals surface area contributed by atoms with E-state index in [4.69, 9.17) is 5.73 Å². The molecule has 0 saturated carbocycles. The fourth-order valence-corrected chi connectivity index (χ4v) is 1.93. The van der Waals surface area contributed by atoms with Crippen LogP contribution in [-0.4, -0.2) is 35.4 Å². The van der Waals surface area contributed by atoms with Gasteiger partial charge in [-0.3, -0.25) is 9.78 Å². The first-order chi connectivity index (χ1) is 7.72. The van der Waals surface area contributed by atoms with Gasteiger partial charge in [0.05, 0.1) is 11.8 Å². The molecule has 1 amide bonds. The minimum absolute atomic E-state index is 0.0904. The summed E-state index contributed by atoms with van der Waals surface area (Å²) in [4.78, 5) is 17.2. The number of aromatic nitrogens is 1. The van der Waals surface area contributed by atoms with Gasteiger partial charge >= 0.3 is 0 Å². The summed E-state index contributed by atoms with van der Waals surface area (Å²) in [6.07, 6.45) is 3.38. The number of hydrogen-bond acceptors (Lipinski definition) is 3. The Morgan fingerprint density at radius 2 is 2.50 bits per heavy atom. The molecule has 0 aliphatic carbocycles. The molecule has 2 rings (SSSR count). The maximum absolute atomic E-state index is 13.3. The highest BCUT2D eigenvalue weighted by molar-refractivity contribution is 5.94. The quantitative estimate of drug-likeness (QED) is 0.800. The van der Waals surface area contributed by atoms with Crippen molar-refractivity contribution in [3.05, 3.63) is 29.8 Å². The van der Waals surface area contributed by atoms with Crippen LogP contribution in [0.5, 0.6) is 0 Å². The van der Waals surface area contributed by atoms with Crippen LogP contribution in [0, 0.1) is 11.7 Å². The van der Waals surface area contributed by atoms with Crippen molar-refractivity contribution >= 4 is 5.91 Å². The maximum Gasteiger partial charge on any atom is 0.256 e. The van der Waals surface area contributed by atoms with Crippen LogP contribution in [0.1, 0.15) is 16.8 Å². The Morgan fingerprint density at radius 1 is 1.69 bits per heavy atom. The van der Waals surface area contributed by atoms with E-state index in [-0.39, 0.29) is 11.5 Å². The predicted octanol–water partition coefficient (Wildman–Crippen LogP) is 0.641. The van der Waals surface area contributed by atoms with Gasteiger partial charge in [-0.25, -0.2) is 4.39 Å². The average Bonchev–Trinajstić information content (AvgIpc) is 2.77. The molecule has 1 aliphatic heterocycles. The molecule has 2 N–H and O–H groups in total. The van der Waals surface area contributed by atoms with Crippen LogP contribution in [0.3, 0.4) is 0 Å². The second-order valence-corrected chi connectivity index (χ2v) is 4.00. The Labute approximate surface area is 93.3 Å². The summed E-state index contributed by atoms with van der Waals surface area (Å²) in [5.74, 6) is -0.492. The zero-order valence-electron chi connectivity index (χ0n) is 8.90. The van der Waals surface area contributed by atoms with Crippen LogP contribution < -0.4 is 5.73 Å². The largest absolute Gasteiger partial charge is 0.338 e. The number of nitrogens with two attached hydrogens (primary N) is 1. The molecular weight excluding hydrogens is 209 g/mol. The Hall–Kier alpha value is -1.49. The monoisotopic (exact) mass is 223 g/mol. The molecule has 1 aromatic heterocycles. The normalized spacial score (nSPS) is 20.1. The lowest BCUT2D eigenvalue weighted by Gasteiger charge is -2.16. The van der Waals surface area contributed by atoms with E-state index >= 15 is 0 Å². The summed E-state index contributed by atoms with van der Waals surface area (Å²) >= 11 is 0. The van der Waals surface area contributed by atoms with Gasteiger partial charge in [0.15, 0.2) is 5.82 Å². The van der Waals surface area contributed by atoms with E-state index in [0.717, 1.165) is 12.6 Å². The van der Waals surface area contributed by atoms with E-state index in [9.17, 15) is 9.18 Å². The Kier molecular flexibility index (Phi) is 3.14. The number of nitrogens with zero attached hydrogens (tertiary/aromatic N) is 2. The van der Waals surface area contributed by atoms with Crippen molar-refractivity contribution in [2.24, 2.45) is 11.7 Å². The molecule has 86 valence electrons. The number of hydrogen-bond donors (Lipinski definition) is 1. The molecule has 0 aromatic carbocycles. The highest BCUT2D eigenvalue weighted by Gasteiger charge is 2.27. The summed E-state index contributed by atoms with van der Waals surface area (Å²) < 4.78 is 13.3. The second-order valence-electron chi connectivity index (χ2n) is 4.00. The molecule has 16 heavy (non-hydrogen) atoms. The standard InChI is InChI=1S/C11H14FN3O/c12-10-6-14-3-1-9(10)11(16)15-4-2-8(5-13)7-15/h1,3,6,8H,2,4-5,7,13H2. The summed E-state index contributed by atoms with van der Waals surface area (Å²) in [7, 11) is 0. The van der Waals surface area contributed by atoms with E-state index in [2.05, 4.69) is 4.98 Å². The zero-order valence-corrected chi connectivity index (χ0v) is 8.90. The predicted molar refractivity (Wildman–Crippen MR) is 57.3 cm³/mol. The van der Waals surface area contributed by atoms with Crippen LogP contribution in [0.15, 0.2) is 18.5 Å². The van der Waals surface area contributed by atoms with Crippen molar-refractivity contribution in [2.75, 3.05) is 19.6 Å². The molecule has 0 radical (unpaired) electrons. The summed E-state index contributed by atoms with van der Waals surface area (Å²) in [5.41, 5.74) is 5.63. The number of pyridine rings is 1. The zero-order chi connectivity index (χ0) is 11.5. The number of carbonyl (C=O) groups is 1. The first-order valence-electron chi connectivity index (χ1n) is 5.31. The van der Waals surface area contributed by atoms with Gasteiger partial charge in [0.25, 0.3) is 5.91 Å². The Morgan fingerprint density at radius 3 is 3.12 bits per heavy atom. The molecule has 0 bridgehead atoms. The first-order valence-corrected chi connectivity index (χ1v) is 5.31. The van der Waals surface area contributed by atoms with Crippen LogP contribution in [0.4, 0.5) is 4.39 Å². The van der Waals surface area contributed by atoms with E-state index in [0.29, 0.717) is 25.6 Å². The first kappa shape index (κ1) is 11.0. The Balaban J connectivity index is 2.12. The van der Waals surface area contributed by atoms with Gasteiger partial charge in [-0.15, -0.1) is 0 Å². The lowest BCUT2D eigenvalue weighted by atomic mass is 10.1. The van der Waals surface area contributed by atoms with Crippen molar-refractivity contribution in [2.45, 2.75) is 6.42 Å². The molecule has 1 unspecified atom stereocenters. The summed E-state index contributed by atoms with van der Waals surface area (Å²) in [6, 6.07) is 1.41. The molecule has 1 aromatic rings. The lowest BCUT2D eigenvalue weighted by Crippen LogP contribution is -2.30. The Bertz CT molecular complexity index is 397. The molecular formula is C11H14FN3O. The van der Waals surface area contributed by atoms with Crippen molar-refractivity contribution in [3.63, 3.8) is 0 Å². The third kappa shape index (κ3) is 2.04. The third-order valence-corrected chi connectivity index (χ3v) is 2.91. The van der Waals surface area contributed by atoms with Crippen LogP contribution in [0.25, 0.3) is 0 Å². The van der Waals surface area contributed by atoms with Crippen molar-refractivity contribution < 1.29 is 9.18 Å². The summed E-state index contributed by atoms with van der Waals surface area (Å²) in [6.45, 7) is 1.85. The van der Waals surface area contributed by atoms with E-state index in [1.54, 1.807) is 4.90 Å². The molecule has 1 atom stereocenters. The molecule has 5 heteroatoms. The van der Waals surface area contributed by atoms with Crippen molar-refractivity contribution in [1.82, 2.24) is 9.88 Å². The molecule has 1 fully saturated rings. The summed E-state index contributed by atoms with van der Waals surface area (Å²) in [5, 5.41) is 0. The number of carbonyl (C=O) groups excluding carboxylic acids is 1. The maximum atomic E-state index is 13.3. The van der Waals surface area contributed by atoms with Gasteiger partial charge in [-0.1, -0.05) is 0 Å². The topological polar surface area (TPSA) is 59.2 Å². The molecule has 4 nitrogen and oxygen atoms in total. The molecule has 0 spiro atoms. The highest BCUT2D eigenvalue weighted by Crippen LogP contribution is 2.18. The smallest absolute Gasteiger partial charge is 0.256 e. The lowest BCUT2D eigenvalue weighted by molar-refractivity contribution is 0.0783. The van der Waals surface area contributed by atoms with Gasteiger partial charge in [-0.2, -0.15) is 0 Å². The van der Waals surface area contributed by atoms with Crippen LogP contribution in [0.2, 0.25) is 0 Å². The average molecular weight is 223 g/mol. The van der Waals surface area contributed by atoms with E-state index in [1.807, 2.05) is 0 Å². The van der Waals surface area contributed by atoms with Gasteiger partial charge in [0.1, 0.15) is 0 Å². The van der Waals surface area contributed by atoms with Crippen LogP contribution in [-0.2, 0) is 0 Å². The number of amides is 1. The number of likely N-dealkylation sites (tertiary alicyclic amines) is 1. The highest BCUT2D eigenvalue weighted by atomic mass is 19.1. The number of rotatable bonds is 2. The molecule has 1 saturated heterocycles. The van der Waals surface area contributed by atoms with Gasteiger partial charge in [0.2, 0.25) is 0 Å². The van der Waals surface area contributed by atoms with Crippen molar-refractivity contribution in [1.29, 1.82) is 0 Å².